The average molecular weight is 331 g/mol. The number of halogens is 3. The number of carbonyl (C=O) groups is 1. The van der Waals surface area contributed by atoms with E-state index >= 15 is 0 Å². The Labute approximate surface area is 131 Å². The molecule has 0 bridgehead atoms. The van der Waals surface area contributed by atoms with Crippen molar-refractivity contribution in [2.24, 2.45) is 0 Å². The molecule has 0 aliphatic carbocycles. The smallest absolute Gasteiger partial charge is 0.340 e. The molecule has 20 heavy (non-hydrogen) atoms. The number of hydrogen-bond acceptors (Lipinski definition) is 3. The maximum Gasteiger partial charge on any atom is 0.340 e. The first-order chi connectivity index (χ1) is 9.49. The molecule has 0 aromatic heterocycles. The summed E-state index contributed by atoms with van der Waals surface area (Å²) in [6.07, 6.45) is 0. The lowest BCUT2D eigenvalue weighted by Gasteiger charge is -2.09. The summed E-state index contributed by atoms with van der Waals surface area (Å²) in [4.78, 5) is 12.0. The molecule has 2 N–H and O–H groups in total. The molecule has 0 aliphatic heterocycles. The van der Waals surface area contributed by atoms with E-state index in [4.69, 9.17) is 45.3 Å². The average Bonchev–Trinajstić information content (AvgIpc) is 2.41. The molecule has 0 amide bonds. The molecule has 0 fully saturated rings. The van der Waals surface area contributed by atoms with Gasteiger partial charge in [0.2, 0.25) is 0 Å². The Morgan fingerprint density at radius 3 is 2.50 bits per heavy atom. The van der Waals surface area contributed by atoms with Crippen LogP contribution < -0.4 is 5.73 Å². The Morgan fingerprint density at radius 2 is 1.80 bits per heavy atom. The molecule has 104 valence electrons. The fourth-order valence-electron chi connectivity index (χ4n) is 1.60. The van der Waals surface area contributed by atoms with Crippen LogP contribution in [-0.2, 0) is 11.3 Å². The number of carbonyl (C=O) groups excluding carboxylic acids is 1. The van der Waals surface area contributed by atoms with E-state index in [0.29, 0.717) is 16.3 Å². The predicted molar refractivity (Wildman–Crippen MR) is 81.4 cm³/mol. The summed E-state index contributed by atoms with van der Waals surface area (Å²) in [5.74, 6) is -0.607. The van der Waals surface area contributed by atoms with Gasteiger partial charge in [-0.3, -0.25) is 0 Å². The van der Waals surface area contributed by atoms with Gasteiger partial charge in [-0.1, -0.05) is 53.0 Å². The minimum absolute atomic E-state index is 0.0429. The van der Waals surface area contributed by atoms with Gasteiger partial charge in [0.05, 0.1) is 15.6 Å². The number of ether oxygens (including phenoxy) is 1. The van der Waals surface area contributed by atoms with Crippen molar-refractivity contribution in [1.82, 2.24) is 0 Å². The molecule has 0 aliphatic rings. The summed E-state index contributed by atoms with van der Waals surface area (Å²) in [6, 6.07) is 9.97. The van der Waals surface area contributed by atoms with E-state index in [1.54, 1.807) is 24.3 Å². The number of rotatable bonds is 3. The Kier molecular flexibility index (Phi) is 4.76. The molecular formula is C14H10Cl3NO2. The molecule has 6 heteroatoms. The predicted octanol–water partition coefficient (Wildman–Crippen LogP) is 4.59. The highest BCUT2D eigenvalue weighted by molar-refractivity contribution is 6.44. The molecule has 0 radical (unpaired) electrons. The van der Waals surface area contributed by atoms with E-state index in [1.807, 2.05) is 0 Å². The number of nitrogens with two attached hydrogens (primary N) is 1. The van der Waals surface area contributed by atoms with Crippen LogP contribution in [0.25, 0.3) is 0 Å². The molecule has 2 aromatic rings. The van der Waals surface area contributed by atoms with E-state index in [0.717, 1.165) is 0 Å². The quantitative estimate of drug-likeness (QED) is 0.661. The molecule has 0 spiro atoms. The zero-order valence-electron chi connectivity index (χ0n) is 10.2. The second-order valence-electron chi connectivity index (χ2n) is 4.03. The number of benzene rings is 2. The van der Waals surface area contributed by atoms with Crippen molar-refractivity contribution in [2.75, 3.05) is 5.73 Å². The van der Waals surface area contributed by atoms with Crippen LogP contribution in [0.3, 0.4) is 0 Å². The molecule has 0 saturated heterocycles. The largest absolute Gasteiger partial charge is 0.457 e. The van der Waals surface area contributed by atoms with Crippen molar-refractivity contribution in [3.05, 3.63) is 62.6 Å². The van der Waals surface area contributed by atoms with Crippen LogP contribution in [0.4, 0.5) is 5.69 Å². The van der Waals surface area contributed by atoms with Gasteiger partial charge in [0.25, 0.3) is 0 Å². The zero-order valence-corrected chi connectivity index (χ0v) is 12.5. The van der Waals surface area contributed by atoms with Gasteiger partial charge in [-0.25, -0.2) is 4.79 Å². The second kappa shape index (κ2) is 6.35. The van der Waals surface area contributed by atoms with E-state index in [1.165, 1.54) is 12.1 Å². The number of esters is 1. The van der Waals surface area contributed by atoms with Gasteiger partial charge < -0.3 is 10.5 Å². The second-order valence-corrected chi connectivity index (χ2v) is 5.22. The summed E-state index contributed by atoms with van der Waals surface area (Å²) in [5, 5.41) is 0.846. The van der Waals surface area contributed by atoms with Crippen molar-refractivity contribution in [3.63, 3.8) is 0 Å². The third kappa shape index (κ3) is 3.37. The highest BCUT2D eigenvalue weighted by Crippen LogP contribution is 2.29. The molecule has 0 unspecified atom stereocenters. The monoisotopic (exact) mass is 329 g/mol. The molecule has 3 nitrogen and oxygen atoms in total. The van der Waals surface area contributed by atoms with Crippen LogP contribution in [0, 0.1) is 0 Å². The Bertz CT molecular complexity index is 659. The minimum atomic E-state index is -0.607. The van der Waals surface area contributed by atoms with Crippen molar-refractivity contribution < 1.29 is 9.53 Å². The lowest BCUT2D eigenvalue weighted by atomic mass is 10.2. The van der Waals surface area contributed by atoms with E-state index < -0.39 is 5.97 Å². The Balaban J connectivity index is 2.15. The molecule has 0 atom stereocenters. The van der Waals surface area contributed by atoms with Gasteiger partial charge >= 0.3 is 5.97 Å². The van der Waals surface area contributed by atoms with Crippen LogP contribution in [0.15, 0.2) is 36.4 Å². The summed E-state index contributed by atoms with van der Waals surface area (Å²) in [5.41, 5.74) is 6.79. The third-order valence-electron chi connectivity index (χ3n) is 2.59. The van der Waals surface area contributed by atoms with Crippen molar-refractivity contribution in [2.45, 2.75) is 6.61 Å². The fourth-order valence-corrected chi connectivity index (χ4v) is 2.20. The van der Waals surface area contributed by atoms with Gasteiger partial charge in [0.15, 0.2) is 0 Å². The maximum atomic E-state index is 12.0. The SMILES string of the molecule is Nc1cc(Cl)c(Cl)c(C(=O)OCc2ccccc2Cl)c1. The lowest BCUT2D eigenvalue weighted by Crippen LogP contribution is -2.07. The van der Waals surface area contributed by atoms with Crippen molar-refractivity contribution in [3.8, 4) is 0 Å². The number of nitrogen functional groups attached to an aromatic ring is 1. The molecule has 2 rings (SSSR count). The van der Waals surface area contributed by atoms with E-state index in [9.17, 15) is 4.79 Å². The molecule has 0 saturated carbocycles. The highest BCUT2D eigenvalue weighted by atomic mass is 35.5. The summed E-state index contributed by atoms with van der Waals surface area (Å²) >= 11 is 17.8. The first-order valence-electron chi connectivity index (χ1n) is 5.64. The lowest BCUT2D eigenvalue weighted by molar-refractivity contribution is 0.0473. The van der Waals surface area contributed by atoms with E-state index in [2.05, 4.69) is 0 Å². The van der Waals surface area contributed by atoms with Crippen LogP contribution in [-0.4, -0.2) is 5.97 Å². The number of anilines is 1. The molecule has 2 aromatic carbocycles. The number of hydrogen-bond donors (Lipinski definition) is 1. The molecule has 0 heterocycles. The summed E-state index contributed by atoms with van der Waals surface area (Å²) < 4.78 is 5.16. The Hall–Kier alpha value is -1.42. The zero-order chi connectivity index (χ0) is 14.7. The van der Waals surface area contributed by atoms with Gasteiger partial charge in [0.1, 0.15) is 6.61 Å². The summed E-state index contributed by atoms with van der Waals surface area (Å²) in [7, 11) is 0. The first kappa shape index (κ1) is 15.0. The highest BCUT2D eigenvalue weighted by Gasteiger charge is 2.16. The van der Waals surface area contributed by atoms with Gasteiger partial charge in [-0.15, -0.1) is 0 Å². The Morgan fingerprint density at radius 1 is 1.10 bits per heavy atom. The van der Waals surface area contributed by atoms with Gasteiger partial charge in [0, 0.05) is 16.3 Å². The van der Waals surface area contributed by atoms with Crippen LogP contribution >= 0.6 is 34.8 Å². The summed E-state index contributed by atoms with van der Waals surface area (Å²) in [6.45, 7) is 0.0429. The fraction of sp³-hybridized carbons (Fsp3) is 0.0714. The van der Waals surface area contributed by atoms with Crippen LogP contribution in [0.1, 0.15) is 15.9 Å². The topological polar surface area (TPSA) is 52.3 Å². The maximum absolute atomic E-state index is 12.0. The first-order valence-corrected chi connectivity index (χ1v) is 6.77. The molecular weight excluding hydrogens is 321 g/mol. The minimum Gasteiger partial charge on any atom is -0.457 e. The standard InChI is InChI=1S/C14H10Cl3NO2/c15-11-4-2-1-3-8(11)7-20-14(19)10-5-9(18)6-12(16)13(10)17/h1-6H,7,18H2. The normalized spacial score (nSPS) is 10.3. The van der Waals surface area contributed by atoms with Crippen molar-refractivity contribution >= 4 is 46.5 Å². The van der Waals surface area contributed by atoms with Crippen molar-refractivity contribution in [1.29, 1.82) is 0 Å². The van der Waals surface area contributed by atoms with Crippen LogP contribution in [0.5, 0.6) is 0 Å². The van der Waals surface area contributed by atoms with E-state index in [-0.39, 0.29) is 22.2 Å². The van der Waals surface area contributed by atoms with Crippen LogP contribution in [0.2, 0.25) is 15.1 Å². The van der Waals surface area contributed by atoms with Gasteiger partial charge in [-0.2, -0.15) is 0 Å². The third-order valence-corrected chi connectivity index (χ3v) is 3.76. The van der Waals surface area contributed by atoms with Gasteiger partial charge in [-0.05, 0) is 18.2 Å².